The molecular weight excluding hydrogens is 324 g/mol. The summed E-state index contributed by atoms with van der Waals surface area (Å²) in [6.45, 7) is 6.23. The first kappa shape index (κ1) is 16.7. The Labute approximate surface area is 146 Å². The summed E-state index contributed by atoms with van der Waals surface area (Å²) in [5.74, 6) is 0.911. The smallest absolute Gasteiger partial charge is 0.281 e. The molecule has 0 atom stereocenters. The fourth-order valence-corrected chi connectivity index (χ4v) is 3.56. The van der Waals surface area contributed by atoms with Gasteiger partial charge in [0.15, 0.2) is 11.7 Å². The van der Waals surface area contributed by atoms with Crippen molar-refractivity contribution in [3.05, 3.63) is 35.3 Å². The van der Waals surface area contributed by atoms with E-state index in [2.05, 4.69) is 27.3 Å². The maximum Gasteiger partial charge on any atom is 0.281 e. The number of thiazole rings is 1. The number of carbonyl (C=O) groups is 1. The van der Waals surface area contributed by atoms with Crippen molar-refractivity contribution < 1.29 is 14.4 Å². The zero-order valence-electron chi connectivity index (χ0n) is 14.0. The van der Waals surface area contributed by atoms with E-state index in [9.17, 15) is 4.79 Å². The lowest BCUT2D eigenvalue weighted by Gasteiger charge is -2.33. The van der Waals surface area contributed by atoms with Gasteiger partial charge in [0.2, 0.25) is 0 Å². The van der Waals surface area contributed by atoms with E-state index >= 15 is 0 Å². The molecule has 1 amide bonds. The molecule has 1 aromatic carbocycles. The van der Waals surface area contributed by atoms with Crippen molar-refractivity contribution in [3.8, 4) is 5.75 Å². The maximum atomic E-state index is 12.1. The van der Waals surface area contributed by atoms with Crippen LogP contribution in [0.4, 0.5) is 10.8 Å². The highest BCUT2D eigenvalue weighted by Gasteiger charge is 2.22. The number of rotatable bonds is 5. The van der Waals surface area contributed by atoms with Gasteiger partial charge >= 0.3 is 0 Å². The molecular formula is C17H23N4O2S+. The lowest BCUT2D eigenvalue weighted by molar-refractivity contribution is -0.892. The lowest BCUT2D eigenvalue weighted by Crippen LogP contribution is -3.15. The lowest BCUT2D eigenvalue weighted by atomic mass is 10.2. The van der Waals surface area contributed by atoms with Gasteiger partial charge in [-0.15, -0.1) is 11.3 Å². The first-order valence-electron chi connectivity index (χ1n) is 8.08. The van der Waals surface area contributed by atoms with Gasteiger partial charge in [0.05, 0.1) is 39.0 Å². The molecule has 128 valence electrons. The predicted octanol–water partition coefficient (Wildman–Crippen LogP) is 0.804. The molecule has 0 aliphatic carbocycles. The van der Waals surface area contributed by atoms with E-state index in [4.69, 9.17) is 4.74 Å². The van der Waals surface area contributed by atoms with E-state index in [1.165, 1.54) is 21.9 Å². The minimum atomic E-state index is 0.0391. The van der Waals surface area contributed by atoms with Crippen molar-refractivity contribution in [2.24, 2.45) is 0 Å². The Hall–Kier alpha value is -2.12. The van der Waals surface area contributed by atoms with Gasteiger partial charge in [-0.05, 0) is 31.2 Å². The SMILES string of the molecule is COc1ccc(N2CC[NH+](CC(=O)Nc3nc(C)cs3)CC2)cc1. The molecule has 1 aliphatic rings. The second kappa shape index (κ2) is 7.63. The van der Waals surface area contributed by atoms with Gasteiger partial charge in [0.25, 0.3) is 5.91 Å². The molecule has 1 fully saturated rings. The first-order chi connectivity index (χ1) is 11.6. The van der Waals surface area contributed by atoms with Gasteiger partial charge in [-0.2, -0.15) is 0 Å². The number of amides is 1. The average molecular weight is 347 g/mol. The number of carbonyl (C=O) groups excluding carboxylic acids is 1. The van der Waals surface area contributed by atoms with E-state index < -0.39 is 0 Å². The number of nitrogens with one attached hydrogen (secondary N) is 2. The normalized spacial score (nSPS) is 15.3. The van der Waals surface area contributed by atoms with Gasteiger partial charge in [-0.25, -0.2) is 4.98 Å². The summed E-state index contributed by atoms with van der Waals surface area (Å²) in [6, 6.07) is 8.14. The molecule has 0 spiro atoms. The Morgan fingerprint density at radius 3 is 2.62 bits per heavy atom. The van der Waals surface area contributed by atoms with Crippen LogP contribution in [0.2, 0.25) is 0 Å². The molecule has 3 rings (SSSR count). The van der Waals surface area contributed by atoms with Crippen LogP contribution in [0.15, 0.2) is 29.6 Å². The number of methoxy groups -OCH3 is 1. The van der Waals surface area contributed by atoms with Gasteiger partial charge in [-0.1, -0.05) is 0 Å². The quantitative estimate of drug-likeness (QED) is 0.840. The molecule has 1 aliphatic heterocycles. The molecule has 0 saturated carbocycles. The Morgan fingerprint density at radius 2 is 2.04 bits per heavy atom. The topological polar surface area (TPSA) is 58.9 Å². The van der Waals surface area contributed by atoms with Gasteiger partial charge in [-0.3, -0.25) is 10.1 Å². The van der Waals surface area contributed by atoms with Crippen LogP contribution in [0, 0.1) is 6.92 Å². The summed E-state index contributed by atoms with van der Waals surface area (Å²) >= 11 is 1.47. The number of nitrogens with zero attached hydrogens (tertiary/aromatic N) is 2. The first-order valence-corrected chi connectivity index (χ1v) is 8.96. The van der Waals surface area contributed by atoms with Crippen LogP contribution >= 0.6 is 11.3 Å². The number of aromatic nitrogens is 1. The molecule has 0 bridgehead atoms. The van der Waals surface area contributed by atoms with E-state index in [-0.39, 0.29) is 5.91 Å². The van der Waals surface area contributed by atoms with Crippen molar-refractivity contribution in [1.82, 2.24) is 4.98 Å². The van der Waals surface area contributed by atoms with Gasteiger partial charge < -0.3 is 14.5 Å². The highest BCUT2D eigenvalue weighted by molar-refractivity contribution is 7.13. The Balaban J connectivity index is 1.46. The molecule has 0 radical (unpaired) electrons. The summed E-state index contributed by atoms with van der Waals surface area (Å²) < 4.78 is 5.20. The summed E-state index contributed by atoms with van der Waals surface area (Å²) in [6.07, 6.45) is 0. The van der Waals surface area contributed by atoms with E-state index in [1.807, 2.05) is 24.4 Å². The van der Waals surface area contributed by atoms with Gasteiger partial charge in [0, 0.05) is 11.1 Å². The zero-order valence-corrected chi connectivity index (χ0v) is 14.9. The Bertz CT molecular complexity index is 678. The van der Waals surface area contributed by atoms with Crippen molar-refractivity contribution >= 4 is 28.1 Å². The highest BCUT2D eigenvalue weighted by atomic mass is 32.1. The fraction of sp³-hybridized carbons (Fsp3) is 0.412. The summed E-state index contributed by atoms with van der Waals surface area (Å²) in [5, 5.41) is 5.51. The average Bonchev–Trinajstić information content (AvgIpc) is 3.00. The fourth-order valence-electron chi connectivity index (χ4n) is 2.85. The van der Waals surface area contributed by atoms with Crippen molar-refractivity contribution in [1.29, 1.82) is 0 Å². The third kappa shape index (κ3) is 4.24. The van der Waals surface area contributed by atoms with Crippen LogP contribution in [0.25, 0.3) is 0 Å². The van der Waals surface area contributed by atoms with Crippen LogP contribution in [-0.4, -0.2) is 50.7 Å². The molecule has 1 aromatic heterocycles. The molecule has 6 nitrogen and oxygen atoms in total. The largest absolute Gasteiger partial charge is 0.497 e. The van der Waals surface area contributed by atoms with Crippen molar-refractivity contribution in [2.45, 2.75) is 6.92 Å². The number of hydrogen-bond acceptors (Lipinski definition) is 5. The van der Waals surface area contributed by atoms with Crippen molar-refractivity contribution in [2.75, 3.05) is 50.1 Å². The number of hydrogen-bond donors (Lipinski definition) is 2. The number of aryl methyl sites for hydroxylation is 1. The van der Waals surface area contributed by atoms with Crippen LogP contribution < -0.4 is 19.9 Å². The molecule has 0 unspecified atom stereocenters. The van der Waals surface area contributed by atoms with Crippen molar-refractivity contribution in [3.63, 3.8) is 0 Å². The predicted molar refractivity (Wildman–Crippen MR) is 96.3 cm³/mol. The Kier molecular flexibility index (Phi) is 5.32. The number of piperazine rings is 1. The Morgan fingerprint density at radius 1 is 1.33 bits per heavy atom. The molecule has 7 heteroatoms. The molecule has 2 N–H and O–H groups in total. The monoisotopic (exact) mass is 347 g/mol. The van der Waals surface area contributed by atoms with Crippen LogP contribution in [-0.2, 0) is 4.79 Å². The summed E-state index contributed by atoms with van der Waals surface area (Å²) in [4.78, 5) is 20.1. The second-order valence-corrected chi connectivity index (χ2v) is 6.81. The maximum absolute atomic E-state index is 12.1. The number of quaternary nitrogens is 1. The summed E-state index contributed by atoms with van der Waals surface area (Å²) in [7, 11) is 1.68. The number of anilines is 2. The second-order valence-electron chi connectivity index (χ2n) is 5.95. The third-order valence-corrected chi connectivity index (χ3v) is 5.06. The van der Waals surface area contributed by atoms with E-state index in [1.54, 1.807) is 7.11 Å². The molecule has 24 heavy (non-hydrogen) atoms. The van der Waals surface area contributed by atoms with E-state index in [0.29, 0.717) is 11.7 Å². The minimum absolute atomic E-state index is 0.0391. The third-order valence-electron chi connectivity index (χ3n) is 4.18. The molecule has 2 heterocycles. The summed E-state index contributed by atoms with van der Waals surface area (Å²) in [5.41, 5.74) is 2.15. The van der Waals surface area contributed by atoms with Crippen LogP contribution in [0.5, 0.6) is 5.75 Å². The molecule has 2 aromatic rings. The van der Waals surface area contributed by atoms with Crippen LogP contribution in [0.1, 0.15) is 5.69 Å². The highest BCUT2D eigenvalue weighted by Crippen LogP contribution is 2.19. The zero-order chi connectivity index (χ0) is 16.9. The molecule has 1 saturated heterocycles. The number of ether oxygens (including phenoxy) is 1. The van der Waals surface area contributed by atoms with E-state index in [0.717, 1.165) is 37.6 Å². The van der Waals surface area contributed by atoms with Crippen LogP contribution in [0.3, 0.4) is 0 Å². The number of benzene rings is 1. The standard InChI is InChI=1S/C17H22N4O2S/c1-13-12-24-17(18-13)19-16(22)11-20-7-9-21(10-8-20)14-3-5-15(23-2)6-4-14/h3-6,12H,7-11H2,1-2H3,(H,18,19,22)/p+1. The van der Waals surface area contributed by atoms with Gasteiger partial charge in [0.1, 0.15) is 5.75 Å². The minimum Gasteiger partial charge on any atom is -0.497 e.